The molecule has 2 unspecified atom stereocenters. The number of rotatable bonds is 5. The van der Waals surface area contributed by atoms with Crippen LogP contribution in [0.5, 0.6) is 0 Å². The monoisotopic (exact) mass is 311 g/mol. The third-order valence-electron chi connectivity index (χ3n) is 3.58. The van der Waals surface area contributed by atoms with E-state index in [1.807, 2.05) is 20.8 Å². The van der Waals surface area contributed by atoms with Crippen molar-refractivity contribution in [3.8, 4) is 0 Å². The van der Waals surface area contributed by atoms with Crippen LogP contribution in [0.2, 0.25) is 0 Å². The van der Waals surface area contributed by atoms with Crippen molar-refractivity contribution < 1.29 is 14.3 Å². The number of carbonyl (C=O) groups is 1. The summed E-state index contributed by atoms with van der Waals surface area (Å²) in [7, 11) is 0. The lowest BCUT2D eigenvalue weighted by Gasteiger charge is -2.39. The van der Waals surface area contributed by atoms with Crippen LogP contribution in [-0.2, 0) is 14.3 Å². The number of nitrogens with zero attached hydrogens (tertiary/aromatic N) is 1. The summed E-state index contributed by atoms with van der Waals surface area (Å²) in [6, 6.07) is 0. The van der Waals surface area contributed by atoms with E-state index < -0.39 is 11.1 Å². The first-order valence-corrected chi connectivity index (χ1v) is 7.62. The van der Waals surface area contributed by atoms with Gasteiger partial charge in [0.15, 0.2) is 11.1 Å². The minimum Gasteiger partial charge on any atom is -0.347 e. The molecule has 112 valence electrons. The molecule has 1 rings (SSSR count). The van der Waals surface area contributed by atoms with Crippen LogP contribution >= 0.6 is 23.2 Å². The summed E-state index contributed by atoms with van der Waals surface area (Å²) in [6.07, 6.45) is 0.634. The molecule has 0 aliphatic carbocycles. The second kappa shape index (κ2) is 7.67. The third kappa shape index (κ3) is 4.78. The molecule has 0 spiro atoms. The number of halogens is 2. The van der Waals surface area contributed by atoms with Gasteiger partial charge in [-0.05, 0) is 20.3 Å². The molecule has 19 heavy (non-hydrogen) atoms. The third-order valence-corrected chi connectivity index (χ3v) is 3.95. The molecule has 0 radical (unpaired) electrons. The van der Waals surface area contributed by atoms with Crippen molar-refractivity contribution in [2.45, 2.75) is 57.4 Å². The van der Waals surface area contributed by atoms with E-state index in [0.717, 1.165) is 6.42 Å². The number of hydrogen-bond acceptors (Lipinski definition) is 3. The van der Waals surface area contributed by atoms with E-state index >= 15 is 0 Å². The average molecular weight is 312 g/mol. The number of hydrogen-bond donors (Lipinski definition) is 0. The van der Waals surface area contributed by atoms with Crippen LogP contribution in [-0.4, -0.2) is 47.2 Å². The molecule has 1 heterocycles. The Balaban J connectivity index is 2.61. The van der Waals surface area contributed by atoms with Gasteiger partial charge in [0.1, 0.15) is 0 Å². The molecule has 2 atom stereocenters. The predicted molar refractivity (Wildman–Crippen MR) is 76.4 cm³/mol. The van der Waals surface area contributed by atoms with Crippen molar-refractivity contribution >= 4 is 29.1 Å². The Labute approximate surface area is 125 Å². The van der Waals surface area contributed by atoms with Gasteiger partial charge in [-0.25, -0.2) is 0 Å². The average Bonchev–Trinajstić information content (AvgIpc) is 2.34. The van der Waals surface area contributed by atoms with Gasteiger partial charge >= 0.3 is 0 Å². The molecule has 0 bridgehead atoms. The molecular weight excluding hydrogens is 289 g/mol. The fraction of sp³-hybridized carbons (Fsp3) is 0.923. The smallest absolute Gasteiger partial charge is 0.256 e. The van der Waals surface area contributed by atoms with Gasteiger partial charge in [-0.2, -0.15) is 0 Å². The highest BCUT2D eigenvalue weighted by Gasteiger charge is 2.33. The minimum absolute atomic E-state index is 0.107. The highest BCUT2D eigenvalue weighted by Crippen LogP contribution is 2.24. The molecule has 1 saturated heterocycles. The van der Waals surface area contributed by atoms with Crippen molar-refractivity contribution in [2.24, 2.45) is 5.92 Å². The lowest BCUT2D eigenvalue weighted by Crippen LogP contribution is -2.49. The fourth-order valence-corrected chi connectivity index (χ4v) is 2.38. The van der Waals surface area contributed by atoms with Crippen molar-refractivity contribution in [2.75, 3.05) is 13.1 Å². The summed E-state index contributed by atoms with van der Waals surface area (Å²) >= 11 is 11.3. The van der Waals surface area contributed by atoms with Crippen molar-refractivity contribution in [3.63, 3.8) is 0 Å². The number of ether oxygens (including phenoxy) is 2. The second-order valence-corrected chi connectivity index (χ2v) is 6.15. The van der Waals surface area contributed by atoms with Crippen molar-refractivity contribution in [1.29, 1.82) is 0 Å². The van der Waals surface area contributed by atoms with Gasteiger partial charge in [0, 0.05) is 12.5 Å². The van der Waals surface area contributed by atoms with Gasteiger partial charge in [0.05, 0.1) is 18.8 Å². The van der Waals surface area contributed by atoms with Gasteiger partial charge in [-0.15, -0.1) is 0 Å². The second-order valence-electron chi connectivity index (χ2n) is 5.06. The maximum Gasteiger partial charge on any atom is 0.256 e. The fourth-order valence-electron chi connectivity index (χ4n) is 2.11. The Morgan fingerprint density at radius 1 is 1.21 bits per heavy atom. The minimum atomic E-state index is -1.04. The van der Waals surface area contributed by atoms with Crippen LogP contribution in [0.25, 0.3) is 0 Å². The molecule has 4 nitrogen and oxygen atoms in total. The van der Waals surface area contributed by atoms with Gasteiger partial charge in [0.2, 0.25) is 0 Å². The molecule has 0 saturated carbocycles. The van der Waals surface area contributed by atoms with E-state index in [0.29, 0.717) is 19.0 Å². The maximum absolute atomic E-state index is 11.9. The largest absolute Gasteiger partial charge is 0.347 e. The standard InChI is InChI=1S/C13H23Cl2NO3/c1-5-6-16(13(17)12(14)15)7-11-18-9(3)8(2)10(4)19-11/h8-12H,5-7H2,1-4H3. The number of alkyl halides is 2. The summed E-state index contributed by atoms with van der Waals surface area (Å²) in [6.45, 7) is 9.09. The molecule has 1 fully saturated rings. The van der Waals surface area contributed by atoms with E-state index in [-0.39, 0.29) is 18.1 Å². The molecular formula is C13H23Cl2NO3. The van der Waals surface area contributed by atoms with Crippen LogP contribution in [0, 0.1) is 5.92 Å². The molecule has 1 amide bonds. The van der Waals surface area contributed by atoms with Gasteiger partial charge in [-0.1, -0.05) is 37.0 Å². The quantitative estimate of drug-likeness (QED) is 0.733. The molecule has 1 aliphatic rings. The molecule has 0 aromatic carbocycles. The van der Waals surface area contributed by atoms with Gasteiger partial charge in [-0.3, -0.25) is 4.79 Å². The topological polar surface area (TPSA) is 38.8 Å². The summed E-state index contributed by atoms with van der Waals surface area (Å²) in [4.78, 5) is 12.4. The van der Waals surface area contributed by atoms with Crippen LogP contribution < -0.4 is 0 Å². The molecule has 6 heteroatoms. The summed E-state index contributed by atoms with van der Waals surface area (Å²) in [5.41, 5.74) is 0. The SMILES string of the molecule is CCCN(CC1OC(C)C(C)C(C)O1)C(=O)C(Cl)Cl. The molecule has 0 N–H and O–H groups in total. The number of amides is 1. The maximum atomic E-state index is 11.9. The summed E-state index contributed by atoms with van der Waals surface area (Å²) < 4.78 is 11.5. The van der Waals surface area contributed by atoms with Gasteiger partial charge < -0.3 is 14.4 Å². The zero-order valence-electron chi connectivity index (χ0n) is 11.9. The Bertz CT molecular complexity index is 290. The molecule has 0 aromatic rings. The zero-order chi connectivity index (χ0) is 14.6. The van der Waals surface area contributed by atoms with E-state index in [1.165, 1.54) is 0 Å². The Kier molecular flexibility index (Phi) is 6.87. The van der Waals surface area contributed by atoms with E-state index in [2.05, 4.69) is 6.92 Å². The first-order chi connectivity index (χ1) is 8.86. The Hall–Kier alpha value is -0.0300. The first-order valence-electron chi connectivity index (χ1n) is 6.74. The zero-order valence-corrected chi connectivity index (χ0v) is 13.4. The van der Waals surface area contributed by atoms with Crippen LogP contribution in [0.3, 0.4) is 0 Å². The van der Waals surface area contributed by atoms with Crippen molar-refractivity contribution in [3.05, 3.63) is 0 Å². The van der Waals surface area contributed by atoms with E-state index in [4.69, 9.17) is 32.7 Å². The van der Waals surface area contributed by atoms with Gasteiger partial charge in [0.25, 0.3) is 5.91 Å². The predicted octanol–water partition coefficient (Wildman–Crippen LogP) is 2.81. The molecule has 0 aromatic heterocycles. The first kappa shape index (κ1) is 17.0. The lowest BCUT2D eigenvalue weighted by atomic mass is 9.99. The Morgan fingerprint density at radius 2 is 1.74 bits per heavy atom. The summed E-state index contributed by atoms with van der Waals surface area (Å²) in [5, 5.41) is 0. The van der Waals surface area contributed by atoms with Crippen LogP contribution in [0.15, 0.2) is 0 Å². The lowest BCUT2D eigenvalue weighted by molar-refractivity contribution is -0.260. The number of carbonyl (C=O) groups excluding carboxylic acids is 1. The van der Waals surface area contributed by atoms with Crippen molar-refractivity contribution in [1.82, 2.24) is 4.90 Å². The van der Waals surface area contributed by atoms with E-state index in [9.17, 15) is 4.79 Å². The Morgan fingerprint density at radius 3 is 2.16 bits per heavy atom. The molecule has 1 aliphatic heterocycles. The van der Waals surface area contributed by atoms with Crippen LogP contribution in [0.1, 0.15) is 34.1 Å². The normalized spacial score (nSPS) is 31.5. The van der Waals surface area contributed by atoms with Crippen LogP contribution in [0.4, 0.5) is 0 Å². The highest BCUT2D eigenvalue weighted by atomic mass is 35.5. The highest BCUT2D eigenvalue weighted by molar-refractivity contribution is 6.53. The summed E-state index contributed by atoms with van der Waals surface area (Å²) in [5.74, 6) is 0.0386. The van der Waals surface area contributed by atoms with E-state index in [1.54, 1.807) is 4.90 Å².